The van der Waals surface area contributed by atoms with Crippen LogP contribution in [0.1, 0.15) is 33.6 Å². The number of hydrogen-bond acceptors (Lipinski definition) is 5. The maximum Gasteiger partial charge on any atom is 0.270 e. The van der Waals surface area contributed by atoms with Gasteiger partial charge >= 0.3 is 0 Å². The van der Waals surface area contributed by atoms with Gasteiger partial charge in [0.25, 0.3) is 5.91 Å². The second kappa shape index (κ2) is 7.19. The molecule has 2 atom stereocenters. The fraction of sp³-hybridized carbons (Fsp3) is 0.824. The van der Waals surface area contributed by atoms with Crippen LogP contribution in [-0.4, -0.2) is 83.8 Å². The molecule has 7 heteroatoms. The highest BCUT2D eigenvalue weighted by Crippen LogP contribution is 2.24. The van der Waals surface area contributed by atoms with Crippen molar-refractivity contribution in [3.05, 3.63) is 0 Å². The van der Waals surface area contributed by atoms with Crippen LogP contribution in [0.4, 0.5) is 0 Å². The van der Waals surface area contributed by atoms with Crippen molar-refractivity contribution >= 4 is 17.5 Å². The molecule has 3 rings (SSSR count). The number of ether oxygens (including phenoxy) is 1. The van der Waals surface area contributed by atoms with Crippen LogP contribution in [0, 0.1) is 5.92 Å². The third kappa shape index (κ3) is 3.47. The molecule has 0 bridgehead atoms. The number of rotatable bonds is 3. The van der Waals surface area contributed by atoms with Crippen LogP contribution in [0.3, 0.4) is 0 Å². The van der Waals surface area contributed by atoms with E-state index in [0.29, 0.717) is 30.5 Å². The second-order valence-electron chi connectivity index (χ2n) is 7.28. The first-order chi connectivity index (χ1) is 11.5. The molecular weight excluding hydrogens is 308 g/mol. The summed E-state index contributed by atoms with van der Waals surface area (Å²) in [6.07, 6.45) is 0.826. The van der Waals surface area contributed by atoms with Crippen LogP contribution in [0.15, 0.2) is 5.10 Å². The zero-order valence-corrected chi connectivity index (χ0v) is 14.9. The lowest BCUT2D eigenvalue weighted by Gasteiger charge is -2.34. The molecule has 2 saturated heterocycles. The van der Waals surface area contributed by atoms with E-state index in [0.717, 1.165) is 39.4 Å². The standard InChI is InChI=1S/C17H28N4O3/c1-12(2)21-16(22)5-4-14(18-21)17(23)20-10-13(3)15(11-20)19-6-8-24-9-7-19/h12-13,15H,4-11H2,1-3H3/t13-,15+/m1/s1. The lowest BCUT2D eigenvalue weighted by Crippen LogP contribution is -2.47. The Labute approximate surface area is 143 Å². The van der Waals surface area contributed by atoms with E-state index in [1.807, 2.05) is 18.7 Å². The second-order valence-corrected chi connectivity index (χ2v) is 7.28. The van der Waals surface area contributed by atoms with E-state index in [9.17, 15) is 9.59 Å². The molecule has 0 unspecified atom stereocenters. The fourth-order valence-electron chi connectivity index (χ4n) is 3.81. The van der Waals surface area contributed by atoms with E-state index in [-0.39, 0.29) is 17.9 Å². The molecule has 0 radical (unpaired) electrons. The smallest absolute Gasteiger partial charge is 0.270 e. The first-order valence-corrected chi connectivity index (χ1v) is 8.98. The molecule has 0 aliphatic carbocycles. The lowest BCUT2D eigenvalue weighted by atomic mass is 10.0. The predicted octanol–water partition coefficient (Wildman–Crippen LogP) is 0.552. The Hall–Kier alpha value is -1.47. The van der Waals surface area contributed by atoms with Crippen LogP contribution in [-0.2, 0) is 14.3 Å². The Balaban J connectivity index is 1.67. The summed E-state index contributed by atoms with van der Waals surface area (Å²) in [4.78, 5) is 29.1. The highest BCUT2D eigenvalue weighted by molar-refractivity contribution is 6.39. The summed E-state index contributed by atoms with van der Waals surface area (Å²) in [5.74, 6) is 0.442. The van der Waals surface area contributed by atoms with E-state index in [4.69, 9.17) is 4.74 Å². The first-order valence-electron chi connectivity index (χ1n) is 8.98. The molecule has 24 heavy (non-hydrogen) atoms. The van der Waals surface area contributed by atoms with Crippen molar-refractivity contribution in [2.24, 2.45) is 11.0 Å². The van der Waals surface area contributed by atoms with Crippen molar-refractivity contribution in [2.45, 2.75) is 45.7 Å². The molecule has 0 N–H and O–H groups in total. The summed E-state index contributed by atoms with van der Waals surface area (Å²) < 4.78 is 5.43. The number of likely N-dealkylation sites (tertiary alicyclic amines) is 1. The minimum atomic E-state index is -0.0146. The van der Waals surface area contributed by atoms with Gasteiger partial charge in [0.2, 0.25) is 5.91 Å². The zero-order valence-electron chi connectivity index (χ0n) is 14.9. The molecule has 0 saturated carbocycles. The van der Waals surface area contributed by atoms with Gasteiger partial charge in [-0.15, -0.1) is 0 Å². The summed E-state index contributed by atoms with van der Waals surface area (Å²) in [5.41, 5.74) is 0.526. The number of hydrogen-bond donors (Lipinski definition) is 0. The fourth-order valence-corrected chi connectivity index (χ4v) is 3.81. The van der Waals surface area contributed by atoms with Gasteiger partial charge in [-0.25, -0.2) is 5.01 Å². The number of carbonyl (C=O) groups excluding carboxylic acids is 2. The molecule has 3 aliphatic heterocycles. The highest BCUT2D eigenvalue weighted by atomic mass is 16.5. The highest BCUT2D eigenvalue weighted by Gasteiger charge is 2.38. The van der Waals surface area contributed by atoms with E-state index in [1.165, 1.54) is 5.01 Å². The normalized spacial score (nSPS) is 29.3. The number of hydrazone groups is 1. The minimum Gasteiger partial charge on any atom is -0.379 e. The molecule has 2 amide bonds. The summed E-state index contributed by atoms with van der Waals surface area (Å²) in [6.45, 7) is 11.0. The van der Waals surface area contributed by atoms with Crippen LogP contribution in [0.25, 0.3) is 0 Å². The van der Waals surface area contributed by atoms with Crippen LogP contribution < -0.4 is 0 Å². The van der Waals surface area contributed by atoms with Crippen molar-refractivity contribution in [1.29, 1.82) is 0 Å². The number of morpholine rings is 1. The van der Waals surface area contributed by atoms with Crippen molar-refractivity contribution in [2.75, 3.05) is 39.4 Å². The van der Waals surface area contributed by atoms with Crippen LogP contribution in [0.2, 0.25) is 0 Å². The third-order valence-corrected chi connectivity index (χ3v) is 5.17. The van der Waals surface area contributed by atoms with Crippen molar-refractivity contribution < 1.29 is 14.3 Å². The van der Waals surface area contributed by atoms with Gasteiger partial charge < -0.3 is 9.64 Å². The van der Waals surface area contributed by atoms with Gasteiger partial charge in [0.1, 0.15) is 5.71 Å². The van der Waals surface area contributed by atoms with Crippen molar-refractivity contribution in [3.63, 3.8) is 0 Å². The number of nitrogens with zero attached hydrogens (tertiary/aromatic N) is 4. The molecular formula is C17H28N4O3. The first kappa shape index (κ1) is 17.4. The average Bonchev–Trinajstić information content (AvgIpc) is 2.97. The summed E-state index contributed by atoms with van der Waals surface area (Å²) in [7, 11) is 0. The zero-order chi connectivity index (χ0) is 17.3. The Kier molecular flexibility index (Phi) is 5.20. The molecule has 0 aromatic heterocycles. The Morgan fingerprint density at radius 1 is 1.21 bits per heavy atom. The van der Waals surface area contributed by atoms with Gasteiger partial charge in [-0.1, -0.05) is 6.92 Å². The molecule has 0 aromatic rings. The lowest BCUT2D eigenvalue weighted by molar-refractivity contribution is -0.133. The SMILES string of the molecule is CC(C)N1N=C(C(=O)N2C[C@@H](C)[C@@H](N3CCOCC3)C2)CCC1=O. The maximum atomic E-state index is 12.9. The average molecular weight is 336 g/mol. The summed E-state index contributed by atoms with van der Waals surface area (Å²) in [6, 6.07) is 0.379. The maximum absolute atomic E-state index is 12.9. The minimum absolute atomic E-state index is 0.00235. The molecule has 0 aromatic carbocycles. The largest absolute Gasteiger partial charge is 0.379 e. The molecule has 0 spiro atoms. The molecule has 134 valence electrons. The number of carbonyl (C=O) groups is 2. The van der Waals surface area contributed by atoms with Gasteiger partial charge in [-0.05, 0) is 19.8 Å². The van der Waals surface area contributed by atoms with Crippen LogP contribution in [0.5, 0.6) is 0 Å². The Morgan fingerprint density at radius 3 is 2.58 bits per heavy atom. The number of amides is 2. The third-order valence-electron chi connectivity index (χ3n) is 5.17. The van der Waals surface area contributed by atoms with Gasteiger partial charge in [0, 0.05) is 51.1 Å². The summed E-state index contributed by atoms with van der Waals surface area (Å²) >= 11 is 0. The topological polar surface area (TPSA) is 65.5 Å². The van der Waals surface area contributed by atoms with Gasteiger partial charge in [0.15, 0.2) is 0 Å². The van der Waals surface area contributed by atoms with Crippen LogP contribution >= 0.6 is 0 Å². The quantitative estimate of drug-likeness (QED) is 0.755. The van der Waals surface area contributed by atoms with E-state index < -0.39 is 0 Å². The van der Waals surface area contributed by atoms with Gasteiger partial charge in [-0.2, -0.15) is 5.10 Å². The monoisotopic (exact) mass is 336 g/mol. The van der Waals surface area contributed by atoms with E-state index in [1.54, 1.807) is 0 Å². The molecule has 2 fully saturated rings. The van der Waals surface area contributed by atoms with Crippen molar-refractivity contribution in [1.82, 2.24) is 14.8 Å². The van der Waals surface area contributed by atoms with Gasteiger partial charge in [-0.3, -0.25) is 14.5 Å². The molecule has 7 nitrogen and oxygen atoms in total. The predicted molar refractivity (Wildman–Crippen MR) is 90.6 cm³/mol. The Bertz CT molecular complexity index is 528. The van der Waals surface area contributed by atoms with Gasteiger partial charge in [0.05, 0.1) is 13.2 Å². The molecule has 3 aliphatic rings. The Morgan fingerprint density at radius 2 is 1.92 bits per heavy atom. The summed E-state index contributed by atoms with van der Waals surface area (Å²) in [5, 5.41) is 5.80. The van der Waals surface area contributed by atoms with Crippen molar-refractivity contribution in [3.8, 4) is 0 Å². The molecule has 3 heterocycles. The van der Waals surface area contributed by atoms with E-state index >= 15 is 0 Å². The van der Waals surface area contributed by atoms with E-state index in [2.05, 4.69) is 16.9 Å².